The average molecular weight is 395 g/mol. The zero-order valence-electron chi connectivity index (χ0n) is 16.2. The molecule has 1 saturated heterocycles. The molecule has 0 N–H and O–H groups in total. The highest BCUT2D eigenvalue weighted by Gasteiger charge is 2.34. The molecule has 0 spiro atoms. The van der Waals surface area contributed by atoms with Crippen LogP contribution in [0.15, 0.2) is 48.5 Å². The van der Waals surface area contributed by atoms with Crippen LogP contribution in [-0.4, -0.2) is 39.5 Å². The second kappa shape index (κ2) is 8.03. The molecule has 0 saturated carbocycles. The molecule has 0 radical (unpaired) electrons. The van der Waals surface area contributed by atoms with Gasteiger partial charge in [-0.1, -0.05) is 24.3 Å². The Kier molecular flexibility index (Phi) is 5.29. The lowest BCUT2D eigenvalue weighted by atomic mass is 10.1. The van der Waals surface area contributed by atoms with Crippen molar-refractivity contribution in [3.05, 3.63) is 65.7 Å². The number of hydrogen-bond acceptors (Lipinski definition) is 4. The van der Waals surface area contributed by atoms with E-state index in [9.17, 15) is 14.0 Å². The zero-order valence-corrected chi connectivity index (χ0v) is 16.2. The molecule has 1 amide bonds. The van der Waals surface area contributed by atoms with Crippen molar-refractivity contribution in [2.45, 2.75) is 32.4 Å². The predicted octanol–water partition coefficient (Wildman–Crippen LogP) is 3.25. The van der Waals surface area contributed by atoms with Gasteiger partial charge in [0.2, 0.25) is 5.91 Å². The highest BCUT2D eigenvalue weighted by molar-refractivity contribution is 5.82. The van der Waals surface area contributed by atoms with Crippen molar-refractivity contribution < 1.29 is 18.7 Å². The Morgan fingerprint density at radius 2 is 1.97 bits per heavy atom. The molecule has 3 aromatic rings. The molecule has 4 rings (SSSR count). The standard InChI is InChI=1S/C22H22FN3O3/c1-2-29-21(28)14-26-19-6-4-3-5-18(19)24-22(26)16-11-20(27)25(13-16)12-15-7-9-17(23)10-8-15/h3-10,16H,2,11-14H2,1H3/t16-/m0/s1. The number of amides is 1. The van der Waals surface area contributed by atoms with Crippen LogP contribution in [0.2, 0.25) is 0 Å². The fourth-order valence-electron chi connectivity index (χ4n) is 3.82. The highest BCUT2D eigenvalue weighted by Crippen LogP contribution is 2.31. The number of esters is 1. The Bertz CT molecular complexity index is 1050. The van der Waals surface area contributed by atoms with Gasteiger partial charge in [-0.05, 0) is 36.8 Å². The molecule has 2 heterocycles. The molecular weight excluding hydrogens is 373 g/mol. The van der Waals surface area contributed by atoms with Crippen LogP contribution < -0.4 is 0 Å². The number of ether oxygens (including phenoxy) is 1. The maximum Gasteiger partial charge on any atom is 0.326 e. The van der Waals surface area contributed by atoms with E-state index in [1.165, 1.54) is 12.1 Å². The van der Waals surface area contributed by atoms with Crippen molar-refractivity contribution in [1.82, 2.24) is 14.5 Å². The molecular formula is C22H22FN3O3. The van der Waals surface area contributed by atoms with Gasteiger partial charge in [0, 0.05) is 25.4 Å². The minimum atomic E-state index is -0.329. The van der Waals surface area contributed by atoms with Gasteiger partial charge in [0.15, 0.2) is 0 Å². The van der Waals surface area contributed by atoms with Crippen molar-refractivity contribution in [3.63, 3.8) is 0 Å². The molecule has 0 unspecified atom stereocenters. The van der Waals surface area contributed by atoms with E-state index in [4.69, 9.17) is 9.72 Å². The van der Waals surface area contributed by atoms with Crippen LogP contribution in [0.25, 0.3) is 11.0 Å². The number of benzene rings is 2. The van der Waals surface area contributed by atoms with Gasteiger partial charge in [0.25, 0.3) is 0 Å². The first-order chi connectivity index (χ1) is 14.0. The van der Waals surface area contributed by atoms with Gasteiger partial charge in [-0.2, -0.15) is 0 Å². The largest absolute Gasteiger partial charge is 0.465 e. The highest BCUT2D eigenvalue weighted by atomic mass is 19.1. The van der Waals surface area contributed by atoms with Crippen LogP contribution in [0.5, 0.6) is 0 Å². The Balaban J connectivity index is 1.60. The first-order valence-corrected chi connectivity index (χ1v) is 9.68. The van der Waals surface area contributed by atoms with E-state index >= 15 is 0 Å². The van der Waals surface area contributed by atoms with E-state index in [-0.39, 0.29) is 30.2 Å². The van der Waals surface area contributed by atoms with Crippen LogP contribution in [-0.2, 0) is 27.4 Å². The molecule has 2 aromatic carbocycles. The summed E-state index contributed by atoms with van der Waals surface area (Å²) in [5, 5.41) is 0. The molecule has 7 heteroatoms. The number of para-hydroxylation sites is 2. The fourth-order valence-corrected chi connectivity index (χ4v) is 3.82. The normalized spacial score (nSPS) is 16.6. The first kappa shape index (κ1) is 19.1. The van der Waals surface area contributed by atoms with E-state index in [0.29, 0.717) is 31.9 Å². The molecule has 1 aliphatic heterocycles. The SMILES string of the molecule is CCOC(=O)Cn1c([C@H]2CC(=O)N(Cc3ccc(F)cc3)C2)nc2ccccc21. The number of imidazole rings is 1. The van der Waals surface area contributed by atoms with Crippen LogP contribution in [0, 0.1) is 5.82 Å². The fraction of sp³-hybridized carbons (Fsp3) is 0.318. The molecule has 1 aliphatic rings. The third-order valence-electron chi connectivity index (χ3n) is 5.14. The van der Waals surface area contributed by atoms with Gasteiger partial charge in [0.1, 0.15) is 18.2 Å². The van der Waals surface area contributed by atoms with E-state index in [1.54, 1.807) is 24.0 Å². The zero-order chi connectivity index (χ0) is 20.4. The third-order valence-corrected chi connectivity index (χ3v) is 5.14. The Labute approximate surface area is 167 Å². The third kappa shape index (κ3) is 3.99. The summed E-state index contributed by atoms with van der Waals surface area (Å²) in [6.07, 6.45) is 0.327. The topological polar surface area (TPSA) is 64.4 Å². The molecule has 0 aliphatic carbocycles. The van der Waals surface area contributed by atoms with Crippen LogP contribution >= 0.6 is 0 Å². The number of halogens is 1. The number of carbonyl (C=O) groups excluding carboxylic acids is 2. The Hall–Kier alpha value is -3.22. The number of rotatable bonds is 6. The lowest BCUT2D eigenvalue weighted by Gasteiger charge is -2.17. The number of fused-ring (bicyclic) bond motifs is 1. The molecule has 1 fully saturated rings. The maximum absolute atomic E-state index is 13.1. The van der Waals surface area contributed by atoms with Gasteiger partial charge >= 0.3 is 5.97 Å². The lowest BCUT2D eigenvalue weighted by Crippen LogP contribution is -2.25. The molecule has 6 nitrogen and oxygen atoms in total. The summed E-state index contributed by atoms with van der Waals surface area (Å²) in [6.45, 7) is 3.07. The van der Waals surface area contributed by atoms with Gasteiger partial charge in [0.05, 0.1) is 17.6 Å². The number of likely N-dealkylation sites (tertiary alicyclic amines) is 1. The predicted molar refractivity (Wildman–Crippen MR) is 106 cm³/mol. The summed E-state index contributed by atoms with van der Waals surface area (Å²) in [4.78, 5) is 31.2. The first-order valence-electron chi connectivity index (χ1n) is 9.68. The Morgan fingerprint density at radius 1 is 1.21 bits per heavy atom. The number of aromatic nitrogens is 2. The summed E-state index contributed by atoms with van der Waals surface area (Å²) in [7, 11) is 0. The molecule has 150 valence electrons. The van der Waals surface area contributed by atoms with Crippen molar-refractivity contribution >= 4 is 22.9 Å². The minimum Gasteiger partial charge on any atom is -0.465 e. The van der Waals surface area contributed by atoms with Gasteiger partial charge in [-0.3, -0.25) is 9.59 Å². The second-order valence-electron chi connectivity index (χ2n) is 7.15. The van der Waals surface area contributed by atoms with E-state index in [1.807, 2.05) is 28.8 Å². The van der Waals surface area contributed by atoms with Crippen LogP contribution in [0.3, 0.4) is 0 Å². The lowest BCUT2D eigenvalue weighted by molar-refractivity contribution is -0.143. The summed E-state index contributed by atoms with van der Waals surface area (Å²) in [5.74, 6) is -0.00972. The number of carbonyl (C=O) groups is 2. The molecule has 29 heavy (non-hydrogen) atoms. The van der Waals surface area contributed by atoms with Gasteiger partial charge in [-0.25, -0.2) is 9.37 Å². The number of hydrogen-bond donors (Lipinski definition) is 0. The monoisotopic (exact) mass is 395 g/mol. The summed E-state index contributed by atoms with van der Waals surface area (Å²) >= 11 is 0. The van der Waals surface area contributed by atoms with Crippen molar-refractivity contribution in [2.24, 2.45) is 0 Å². The smallest absolute Gasteiger partial charge is 0.326 e. The maximum atomic E-state index is 13.1. The molecule has 1 atom stereocenters. The summed E-state index contributed by atoms with van der Waals surface area (Å²) in [6, 6.07) is 13.8. The van der Waals surface area contributed by atoms with E-state index < -0.39 is 0 Å². The van der Waals surface area contributed by atoms with Crippen molar-refractivity contribution in [1.29, 1.82) is 0 Å². The van der Waals surface area contributed by atoms with E-state index in [0.717, 1.165) is 16.6 Å². The number of nitrogens with zero attached hydrogens (tertiary/aromatic N) is 3. The Morgan fingerprint density at radius 3 is 2.72 bits per heavy atom. The molecule has 1 aromatic heterocycles. The van der Waals surface area contributed by atoms with Crippen molar-refractivity contribution in [3.8, 4) is 0 Å². The van der Waals surface area contributed by atoms with Gasteiger partial charge in [-0.15, -0.1) is 0 Å². The average Bonchev–Trinajstić information content (AvgIpc) is 3.25. The van der Waals surface area contributed by atoms with Crippen LogP contribution in [0.1, 0.15) is 30.7 Å². The summed E-state index contributed by atoms with van der Waals surface area (Å²) in [5.41, 5.74) is 2.51. The van der Waals surface area contributed by atoms with Crippen molar-refractivity contribution in [2.75, 3.05) is 13.2 Å². The van der Waals surface area contributed by atoms with E-state index in [2.05, 4.69) is 0 Å². The molecule has 0 bridgehead atoms. The minimum absolute atomic E-state index is 0.0223. The van der Waals surface area contributed by atoms with Crippen LogP contribution in [0.4, 0.5) is 4.39 Å². The van der Waals surface area contributed by atoms with Gasteiger partial charge < -0.3 is 14.2 Å². The quantitative estimate of drug-likeness (QED) is 0.601. The summed E-state index contributed by atoms with van der Waals surface area (Å²) < 4.78 is 20.1. The second-order valence-corrected chi connectivity index (χ2v) is 7.15.